The molecular weight excluding hydrogens is 214 g/mol. The van der Waals surface area contributed by atoms with Crippen molar-refractivity contribution < 1.29 is 9.84 Å². The zero-order valence-corrected chi connectivity index (χ0v) is 11.0. The van der Waals surface area contributed by atoms with E-state index in [0.29, 0.717) is 0 Å². The second kappa shape index (κ2) is 6.62. The molecule has 0 aromatic heterocycles. The van der Waals surface area contributed by atoms with Gasteiger partial charge in [-0.3, -0.25) is 0 Å². The molecular formula is C14H23NO2. The molecule has 0 radical (unpaired) electrons. The van der Waals surface area contributed by atoms with Crippen molar-refractivity contribution >= 4 is 0 Å². The SMILES string of the molecule is COc1ccccc1CCNC(C)(C)CCO. The van der Waals surface area contributed by atoms with Crippen LogP contribution < -0.4 is 10.1 Å². The second-order valence-electron chi connectivity index (χ2n) is 4.85. The molecule has 0 unspecified atom stereocenters. The van der Waals surface area contributed by atoms with Gasteiger partial charge in [0.15, 0.2) is 0 Å². The van der Waals surface area contributed by atoms with Crippen LogP contribution >= 0.6 is 0 Å². The summed E-state index contributed by atoms with van der Waals surface area (Å²) in [5, 5.41) is 12.4. The van der Waals surface area contributed by atoms with E-state index in [2.05, 4.69) is 25.2 Å². The highest BCUT2D eigenvalue weighted by Crippen LogP contribution is 2.17. The van der Waals surface area contributed by atoms with Gasteiger partial charge in [0, 0.05) is 12.1 Å². The third-order valence-electron chi connectivity index (χ3n) is 2.93. The Balaban J connectivity index is 2.45. The maximum Gasteiger partial charge on any atom is 0.122 e. The molecule has 0 saturated carbocycles. The Morgan fingerprint density at radius 2 is 2.00 bits per heavy atom. The predicted molar refractivity (Wildman–Crippen MR) is 70.5 cm³/mol. The lowest BCUT2D eigenvalue weighted by Crippen LogP contribution is -2.41. The minimum Gasteiger partial charge on any atom is -0.496 e. The van der Waals surface area contributed by atoms with Gasteiger partial charge in [0.25, 0.3) is 0 Å². The molecule has 3 heteroatoms. The average molecular weight is 237 g/mol. The molecule has 0 bridgehead atoms. The van der Waals surface area contributed by atoms with Crippen LogP contribution in [-0.2, 0) is 6.42 Å². The second-order valence-corrected chi connectivity index (χ2v) is 4.85. The van der Waals surface area contributed by atoms with E-state index in [0.717, 1.165) is 25.1 Å². The van der Waals surface area contributed by atoms with Crippen molar-refractivity contribution in [3.63, 3.8) is 0 Å². The third kappa shape index (κ3) is 4.75. The van der Waals surface area contributed by atoms with Crippen LogP contribution in [0.25, 0.3) is 0 Å². The van der Waals surface area contributed by atoms with Crippen LogP contribution in [0.15, 0.2) is 24.3 Å². The van der Waals surface area contributed by atoms with Gasteiger partial charge in [-0.2, -0.15) is 0 Å². The molecule has 1 aromatic carbocycles. The van der Waals surface area contributed by atoms with E-state index in [1.54, 1.807) is 7.11 Å². The smallest absolute Gasteiger partial charge is 0.122 e. The van der Waals surface area contributed by atoms with Crippen LogP contribution in [-0.4, -0.2) is 30.9 Å². The van der Waals surface area contributed by atoms with Gasteiger partial charge in [-0.1, -0.05) is 18.2 Å². The quantitative estimate of drug-likeness (QED) is 0.762. The van der Waals surface area contributed by atoms with Gasteiger partial charge in [-0.05, 0) is 44.9 Å². The first-order valence-electron chi connectivity index (χ1n) is 6.07. The number of para-hydroxylation sites is 1. The average Bonchev–Trinajstić information content (AvgIpc) is 2.29. The lowest BCUT2D eigenvalue weighted by Gasteiger charge is -2.25. The number of benzene rings is 1. The monoisotopic (exact) mass is 237 g/mol. The summed E-state index contributed by atoms with van der Waals surface area (Å²) in [7, 11) is 1.70. The van der Waals surface area contributed by atoms with Gasteiger partial charge in [0.2, 0.25) is 0 Å². The van der Waals surface area contributed by atoms with Crippen LogP contribution in [0.2, 0.25) is 0 Å². The van der Waals surface area contributed by atoms with E-state index in [1.165, 1.54) is 5.56 Å². The minimum absolute atomic E-state index is 0.0171. The van der Waals surface area contributed by atoms with Gasteiger partial charge >= 0.3 is 0 Å². The van der Waals surface area contributed by atoms with Crippen molar-refractivity contribution in [3.05, 3.63) is 29.8 Å². The van der Waals surface area contributed by atoms with Crippen molar-refractivity contribution in [3.8, 4) is 5.75 Å². The molecule has 1 rings (SSSR count). The lowest BCUT2D eigenvalue weighted by molar-refractivity contribution is 0.231. The Labute approximate surface area is 104 Å². The Morgan fingerprint density at radius 1 is 1.29 bits per heavy atom. The molecule has 0 aliphatic rings. The largest absolute Gasteiger partial charge is 0.496 e. The van der Waals surface area contributed by atoms with Crippen molar-refractivity contribution in [1.29, 1.82) is 0 Å². The maximum atomic E-state index is 8.94. The van der Waals surface area contributed by atoms with E-state index in [1.807, 2.05) is 18.2 Å². The van der Waals surface area contributed by atoms with Gasteiger partial charge < -0.3 is 15.2 Å². The number of rotatable bonds is 7. The molecule has 17 heavy (non-hydrogen) atoms. The van der Waals surface area contributed by atoms with Crippen LogP contribution in [0.1, 0.15) is 25.8 Å². The lowest BCUT2D eigenvalue weighted by atomic mass is 10.0. The predicted octanol–water partition coefficient (Wildman–Crippen LogP) is 1.99. The molecule has 0 spiro atoms. The molecule has 1 aromatic rings. The standard InChI is InChI=1S/C14H23NO2/c1-14(2,9-11-16)15-10-8-12-6-4-5-7-13(12)17-3/h4-7,15-16H,8-11H2,1-3H3. The summed E-state index contributed by atoms with van der Waals surface area (Å²) in [5.41, 5.74) is 1.19. The Hall–Kier alpha value is -1.06. The number of ether oxygens (including phenoxy) is 1. The normalized spacial score (nSPS) is 11.5. The molecule has 0 heterocycles. The van der Waals surface area contributed by atoms with Crippen LogP contribution in [0.3, 0.4) is 0 Å². The van der Waals surface area contributed by atoms with Crippen LogP contribution in [0.4, 0.5) is 0 Å². The molecule has 0 aliphatic carbocycles. The van der Waals surface area contributed by atoms with Crippen molar-refractivity contribution in [2.24, 2.45) is 0 Å². The highest BCUT2D eigenvalue weighted by Gasteiger charge is 2.15. The van der Waals surface area contributed by atoms with Crippen molar-refractivity contribution in [2.75, 3.05) is 20.3 Å². The van der Waals surface area contributed by atoms with Crippen molar-refractivity contribution in [1.82, 2.24) is 5.32 Å². The van der Waals surface area contributed by atoms with E-state index < -0.39 is 0 Å². The molecule has 0 saturated heterocycles. The molecule has 2 N–H and O–H groups in total. The van der Waals surface area contributed by atoms with E-state index in [4.69, 9.17) is 9.84 Å². The summed E-state index contributed by atoms with van der Waals surface area (Å²) in [6.45, 7) is 5.30. The highest BCUT2D eigenvalue weighted by atomic mass is 16.5. The summed E-state index contributed by atoms with van der Waals surface area (Å²) in [6, 6.07) is 8.07. The summed E-state index contributed by atoms with van der Waals surface area (Å²) in [5.74, 6) is 0.939. The molecule has 0 fully saturated rings. The maximum absolute atomic E-state index is 8.94. The number of nitrogens with one attached hydrogen (secondary N) is 1. The highest BCUT2D eigenvalue weighted by molar-refractivity contribution is 5.33. The van der Waals surface area contributed by atoms with Crippen molar-refractivity contribution in [2.45, 2.75) is 32.2 Å². The summed E-state index contributed by atoms with van der Waals surface area (Å²) >= 11 is 0. The molecule has 0 atom stereocenters. The van der Waals surface area contributed by atoms with Gasteiger partial charge in [0.1, 0.15) is 5.75 Å². The number of hydrogen-bond acceptors (Lipinski definition) is 3. The number of hydrogen-bond donors (Lipinski definition) is 2. The fourth-order valence-corrected chi connectivity index (χ4v) is 1.81. The first-order valence-corrected chi connectivity index (χ1v) is 6.07. The fraction of sp³-hybridized carbons (Fsp3) is 0.571. The fourth-order valence-electron chi connectivity index (χ4n) is 1.81. The Kier molecular flexibility index (Phi) is 5.45. The minimum atomic E-state index is -0.0171. The van der Waals surface area contributed by atoms with E-state index >= 15 is 0 Å². The first kappa shape index (κ1) is 14.0. The molecule has 0 aliphatic heterocycles. The molecule has 96 valence electrons. The Bertz CT molecular complexity index is 337. The van der Waals surface area contributed by atoms with Gasteiger partial charge in [-0.25, -0.2) is 0 Å². The number of aliphatic hydroxyl groups excluding tert-OH is 1. The summed E-state index contributed by atoms with van der Waals surface area (Å²) in [6.07, 6.45) is 1.69. The third-order valence-corrected chi connectivity index (χ3v) is 2.93. The van der Waals surface area contributed by atoms with Gasteiger partial charge in [0.05, 0.1) is 7.11 Å². The molecule has 0 amide bonds. The number of methoxy groups -OCH3 is 1. The summed E-state index contributed by atoms with van der Waals surface area (Å²) in [4.78, 5) is 0. The van der Waals surface area contributed by atoms with E-state index in [-0.39, 0.29) is 12.1 Å². The zero-order chi connectivity index (χ0) is 12.7. The number of aliphatic hydroxyl groups is 1. The first-order chi connectivity index (χ1) is 8.09. The van der Waals surface area contributed by atoms with Crippen LogP contribution in [0, 0.1) is 0 Å². The topological polar surface area (TPSA) is 41.5 Å². The zero-order valence-electron chi connectivity index (χ0n) is 11.0. The Morgan fingerprint density at radius 3 is 2.65 bits per heavy atom. The van der Waals surface area contributed by atoms with Crippen LogP contribution in [0.5, 0.6) is 5.75 Å². The molecule has 3 nitrogen and oxygen atoms in total. The van der Waals surface area contributed by atoms with E-state index in [9.17, 15) is 0 Å². The van der Waals surface area contributed by atoms with Gasteiger partial charge in [-0.15, -0.1) is 0 Å². The summed E-state index contributed by atoms with van der Waals surface area (Å²) < 4.78 is 5.31.